The third kappa shape index (κ3) is 2.86. The van der Waals surface area contributed by atoms with Gasteiger partial charge >= 0.3 is 0 Å². The first-order chi connectivity index (χ1) is 8.08. The maximum Gasteiger partial charge on any atom is 0.123 e. The zero-order valence-corrected chi connectivity index (χ0v) is 10.9. The summed E-state index contributed by atoms with van der Waals surface area (Å²) in [5.41, 5.74) is 1.78. The van der Waals surface area contributed by atoms with E-state index in [9.17, 15) is 9.50 Å². The van der Waals surface area contributed by atoms with Gasteiger partial charge in [-0.2, -0.15) is 0 Å². The summed E-state index contributed by atoms with van der Waals surface area (Å²) in [7, 11) is 0. The largest absolute Gasteiger partial charge is 0.387 e. The molecule has 0 amide bonds. The predicted octanol–water partition coefficient (Wildman–Crippen LogP) is 4.13. The molecule has 1 atom stereocenters. The summed E-state index contributed by atoms with van der Waals surface area (Å²) in [6, 6.07) is 6.35. The molecule has 4 heteroatoms. The summed E-state index contributed by atoms with van der Waals surface area (Å²) in [6.07, 6.45) is -0.182. The number of aryl methyl sites for hydroxylation is 1. The van der Waals surface area contributed by atoms with Crippen molar-refractivity contribution < 1.29 is 9.50 Å². The van der Waals surface area contributed by atoms with Crippen LogP contribution in [0.25, 0.3) is 0 Å². The van der Waals surface area contributed by atoms with Crippen LogP contribution < -0.4 is 0 Å². The number of aliphatic hydroxyl groups excluding tert-OH is 1. The second kappa shape index (κ2) is 5.17. The van der Waals surface area contributed by atoms with E-state index in [0.717, 1.165) is 16.0 Å². The molecule has 2 rings (SSSR count). The molecular formula is C13H12ClFOS. The van der Waals surface area contributed by atoms with Crippen molar-refractivity contribution >= 4 is 22.9 Å². The van der Waals surface area contributed by atoms with Gasteiger partial charge in [0.2, 0.25) is 0 Å². The summed E-state index contributed by atoms with van der Waals surface area (Å²) >= 11 is 7.39. The zero-order valence-electron chi connectivity index (χ0n) is 9.28. The fourth-order valence-electron chi connectivity index (χ4n) is 1.73. The number of benzene rings is 1. The predicted molar refractivity (Wildman–Crippen MR) is 69.1 cm³/mol. The van der Waals surface area contributed by atoms with Crippen molar-refractivity contribution in [1.82, 2.24) is 0 Å². The molecule has 1 unspecified atom stereocenters. The van der Waals surface area contributed by atoms with Crippen LogP contribution in [-0.2, 0) is 6.42 Å². The molecule has 1 aromatic carbocycles. The van der Waals surface area contributed by atoms with Gasteiger partial charge in [-0.3, -0.25) is 0 Å². The van der Waals surface area contributed by atoms with E-state index in [1.54, 1.807) is 12.1 Å². The molecule has 0 saturated heterocycles. The molecule has 17 heavy (non-hydrogen) atoms. The molecule has 1 heterocycles. The van der Waals surface area contributed by atoms with E-state index in [1.807, 2.05) is 12.3 Å². The van der Waals surface area contributed by atoms with Crippen LogP contribution in [0.4, 0.5) is 4.39 Å². The first kappa shape index (κ1) is 12.6. The monoisotopic (exact) mass is 270 g/mol. The maximum atomic E-state index is 12.9. The summed E-state index contributed by atoms with van der Waals surface area (Å²) < 4.78 is 12.9. The average molecular weight is 271 g/mol. The highest BCUT2D eigenvalue weighted by Crippen LogP contribution is 2.31. The lowest BCUT2D eigenvalue weighted by Crippen LogP contribution is -2.02. The number of rotatable bonds is 3. The molecule has 0 saturated carbocycles. The minimum Gasteiger partial charge on any atom is -0.387 e. The van der Waals surface area contributed by atoms with Gasteiger partial charge in [-0.1, -0.05) is 17.7 Å². The van der Waals surface area contributed by atoms with Gasteiger partial charge in [0.1, 0.15) is 5.82 Å². The third-order valence-electron chi connectivity index (χ3n) is 2.67. The summed E-state index contributed by atoms with van der Waals surface area (Å²) in [4.78, 5) is 0.760. The first-order valence-corrected chi connectivity index (χ1v) is 6.49. The number of hydrogen-bond acceptors (Lipinski definition) is 2. The minimum atomic E-state index is -0.633. The highest BCUT2D eigenvalue weighted by atomic mass is 35.5. The molecule has 1 nitrogen and oxygen atoms in total. The lowest BCUT2D eigenvalue weighted by molar-refractivity contribution is 0.182. The number of halogens is 2. The Labute approximate surface area is 108 Å². The number of hydrogen-bond donors (Lipinski definition) is 1. The third-order valence-corrected chi connectivity index (χ3v) is 4.13. The molecular weight excluding hydrogens is 259 g/mol. The zero-order chi connectivity index (χ0) is 12.4. The molecule has 2 aromatic rings. The van der Waals surface area contributed by atoms with Gasteiger partial charge in [-0.05, 0) is 41.6 Å². The quantitative estimate of drug-likeness (QED) is 0.889. The fraction of sp³-hybridized carbons (Fsp3) is 0.231. The van der Waals surface area contributed by atoms with Gasteiger partial charge < -0.3 is 5.11 Å². The molecule has 1 aromatic heterocycles. The lowest BCUT2D eigenvalue weighted by atomic mass is 10.0. The van der Waals surface area contributed by atoms with Crippen molar-refractivity contribution in [3.05, 3.63) is 56.5 Å². The van der Waals surface area contributed by atoms with Crippen LogP contribution in [0.5, 0.6) is 0 Å². The van der Waals surface area contributed by atoms with E-state index in [2.05, 4.69) is 0 Å². The lowest BCUT2D eigenvalue weighted by Gasteiger charge is -2.11. The molecule has 0 bridgehead atoms. The fourth-order valence-corrected chi connectivity index (χ4v) is 2.90. The van der Waals surface area contributed by atoms with Crippen molar-refractivity contribution in [2.75, 3.05) is 0 Å². The van der Waals surface area contributed by atoms with Crippen LogP contribution in [0.1, 0.15) is 22.1 Å². The van der Waals surface area contributed by atoms with Crippen molar-refractivity contribution in [2.24, 2.45) is 0 Å². The second-order valence-electron chi connectivity index (χ2n) is 3.92. The molecule has 0 aliphatic rings. The SMILES string of the molecule is Cc1cc(F)ccc1CC(O)c1sccc1Cl. The van der Waals surface area contributed by atoms with Gasteiger partial charge in [0.25, 0.3) is 0 Å². The Hall–Kier alpha value is -0.900. The van der Waals surface area contributed by atoms with Crippen molar-refractivity contribution in [1.29, 1.82) is 0 Å². The van der Waals surface area contributed by atoms with Crippen LogP contribution in [-0.4, -0.2) is 5.11 Å². The van der Waals surface area contributed by atoms with Crippen molar-refractivity contribution in [3.63, 3.8) is 0 Å². The molecule has 90 valence electrons. The molecule has 0 spiro atoms. The van der Waals surface area contributed by atoms with Crippen LogP contribution in [0.15, 0.2) is 29.6 Å². The Bertz CT molecular complexity index is 524. The minimum absolute atomic E-state index is 0.255. The normalized spacial score (nSPS) is 12.7. The highest BCUT2D eigenvalue weighted by Gasteiger charge is 2.14. The highest BCUT2D eigenvalue weighted by molar-refractivity contribution is 7.10. The van der Waals surface area contributed by atoms with Crippen LogP contribution in [0.2, 0.25) is 5.02 Å². The van der Waals surface area contributed by atoms with Gasteiger partial charge in [-0.25, -0.2) is 4.39 Å². The Balaban J connectivity index is 2.19. The van der Waals surface area contributed by atoms with E-state index in [0.29, 0.717) is 11.4 Å². The second-order valence-corrected chi connectivity index (χ2v) is 5.28. The molecule has 1 N–H and O–H groups in total. The van der Waals surface area contributed by atoms with E-state index in [-0.39, 0.29) is 5.82 Å². The molecule has 0 aliphatic heterocycles. The Morgan fingerprint density at radius 3 is 2.76 bits per heavy atom. The number of aliphatic hydroxyl groups is 1. The average Bonchev–Trinajstić information content (AvgIpc) is 2.68. The first-order valence-electron chi connectivity index (χ1n) is 5.24. The number of thiophene rings is 1. The molecule has 0 radical (unpaired) electrons. The van der Waals surface area contributed by atoms with Gasteiger partial charge in [0, 0.05) is 6.42 Å². The summed E-state index contributed by atoms with van der Waals surface area (Å²) in [5.74, 6) is -0.255. The van der Waals surface area contributed by atoms with Crippen LogP contribution in [0.3, 0.4) is 0 Å². The molecule has 0 aliphatic carbocycles. The topological polar surface area (TPSA) is 20.2 Å². The standard InChI is InChI=1S/C13H12ClFOS/c1-8-6-10(15)3-2-9(8)7-12(16)13-11(14)4-5-17-13/h2-6,12,16H,7H2,1H3. The van der Waals surface area contributed by atoms with Crippen LogP contribution in [0, 0.1) is 12.7 Å². The van der Waals surface area contributed by atoms with E-state index in [4.69, 9.17) is 11.6 Å². The van der Waals surface area contributed by atoms with Gasteiger partial charge in [0.05, 0.1) is 16.0 Å². The van der Waals surface area contributed by atoms with Crippen LogP contribution >= 0.6 is 22.9 Å². The van der Waals surface area contributed by atoms with E-state index >= 15 is 0 Å². The van der Waals surface area contributed by atoms with E-state index < -0.39 is 6.10 Å². The van der Waals surface area contributed by atoms with Gasteiger partial charge in [0.15, 0.2) is 0 Å². The molecule has 0 fully saturated rings. The summed E-state index contributed by atoms with van der Waals surface area (Å²) in [5, 5.41) is 12.5. The van der Waals surface area contributed by atoms with E-state index in [1.165, 1.54) is 23.5 Å². The Morgan fingerprint density at radius 2 is 2.18 bits per heavy atom. The Kier molecular flexibility index (Phi) is 3.82. The van der Waals surface area contributed by atoms with Crippen molar-refractivity contribution in [2.45, 2.75) is 19.4 Å². The Morgan fingerprint density at radius 1 is 1.41 bits per heavy atom. The summed E-state index contributed by atoms with van der Waals surface area (Å²) in [6.45, 7) is 1.83. The van der Waals surface area contributed by atoms with Crippen molar-refractivity contribution in [3.8, 4) is 0 Å². The maximum absolute atomic E-state index is 12.9. The smallest absolute Gasteiger partial charge is 0.123 e. The van der Waals surface area contributed by atoms with Gasteiger partial charge in [-0.15, -0.1) is 11.3 Å².